The third kappa shape index (κ3) is 2.91. The van der Waals surface area contributed by atoms with E-state index in [1.165, 1.54) is 28.6 Å². The molecule has 1 heterocycles. The Morgan fingerprint density at radius 2 is 2.00 bits per heavy atom. The second-order valence-corrected chi connectivity index (χ2v) is 6.23. The second kappa shape index (κ2) is 5.24. The number of nitrogens with zero attached hydrogens (tertiary/aromatic N) is 2. The molecule has 7 nitrogen and oxygen atoms in total. The monoisotopic (exact) mass is 286 g/mol. The van der Waals surface area contributed by atoms with E-state index in [2.05, 4.69) is 0 Å². The summed E-state index contributed by atoms with van der Waals surface area (Å²) in [6.45, 7) is 2.74. The molecular weight excluding hydrogens is 272 g/mol. The Morgan fingerprint density at radius 3 is 2.53 bits per heavy atom. The van der Waals surface area contributed by atoms with Crippen LogP contribution in [-0.2, 0) is 14.8 Å². The van der Waals surface area contributed by atoms with E-state index < -0.39 is 14.9 Å². The quantitative estimate of drug-likeness (QED) is 0.611. The molecular formula is C11H14N2O5S. The molecule has 0 N–H and O–H groups in total. The zero-order chi connectivity index (χ0) is 14.0. The zero-order valence-electron chi connectivity index (χ0n) is 10.4. The summed E-state index contributed by atoms with van der Waals surface area (Å²) < 4.78 is 31.3. The van der Waals surface area contributed by atoms with Crippen LogP contribution in [0, 0.1) is 10.1 Å². The smallest absolute Gasteiger partial charge is 0.269 e. The van der Waals surface area contributed by atoms with Crippen LogP contribution in [0.4, 0.5) is 5.69 Å². The lowest BCUT2D eigenvalue weighted by atomic mass is 10.3. The molecule has 0 spiro atoms. The van der Waals surface area contributed by atoms with Crippen molar-refractivity contribution in [2.24, 2.45) is 0 Å². The second-order valence-electron chi connectivity index (χ2n) is 4.30. The number of ether oxygens (including phenoxy) is 1. The van der Waals surface area contributed by atoms with Gasteiger partial charge < -0.3 is 4.74 Å². The van der Waals surface area contributed by atoms with Crippen LogP contribution < -0.4 is 0 Å². The number of non-ortho nitro benzene ring substituents is 1. The standard InChI is InChI=1S/C11H14N2O5S/c1-9-8-12(6-7-18-9)19(16,17)11-4-2-10(3-5-11)13(14)15/h2-5,9H,6-8H2,1H3/t9-/m0/s1. The van der Waals surface area contributed by atoms with Crippen molar-refractivity contribution in [3.05, 3.63) is 34.4 Å². The summed E-state index contributed by atoms with van der Waals surface area (Å²) in [4.78, 5) is 10.0. The molecule has 1 aromatic rings. The molecule has 0 saturated carbocycles. The molecule has 0 radical (unpaired) electrons. The molecule has 1 aliphatic rings. The maximum atomic E-state index is 12.3. The number of rotatable bonds is 3. The molecule has 2 rings (SSSR count). The lowest BCUT2D eigenvalue weighted by molar-refractivity contribution is -0.384. The number of hydrogen-bond acceptors (Lipinski definition) is 5. The largest absolute Gasteiger partial charge is 0.376 e. The van der Waals surface area contributed by atoms with Gasteiger partial charge in [-0.2, -0.15) is 4.31 Å². The molecule has 0 amide bonds. The highest BCUT2D eigenvalue weighted by molar-refractivity contribution is 7.89. The summed E-state index contributed by atoms with van der Waals surface area (Å²) in [7, 11) is -3.61. The molecule has 0 aliphatic carbocycles. The minimum absolute atomic E-state index is 0.0622. The van der Waals surface area contributed by atoms with Gasteiger partial charge in [0, 0.05) is 25.2 Å². The van der Waals surface area contributed by atoms with Crippen LogP contribution >= 0.6 is 0 Å². The van der Waals surface area contributed by atoms with Crippen LogP contribution in [0.25, 0.3) is 0 Å². The lowest BCUT2D eigenvalue weighted by Crippen LogP contribution is -2.44. The van der Waals surface area contributed by atoms with Gasteiger partial charge in [-0.3, -0.25) is 10.1 Å². The van der Waals surface area contributed by atoms with E-state index in [0.717, 1.165) is 0 Å². The molecule has 19 heavy (non-hydrogen) atoms. The number of benzene rings is 1. The van der Waals surface area contributed by atoms with E-state index in [1.54, 1.807) is 6.92 Å². The Labute approximate surface area is 111 Å². The van der Waals surface area contributed by atoms with Crippen LogP contribution in [0.15, 0.2) is 29.2 Å². The molecule has 104 valence electrons. The topological polar surface area (TPSA) is 89.8 Å². The molecule has 1 fully saturated rings. The first-order valence-electron chi connectivity index (χ1n) is 5.77. The van der Waals surface area contributed by atoms with E-state index in [-0.39, 0.29) is 16.7 Å². The van der Waals surface area contributed by atoms with Crippen LogP contribution in [0.5, 0.6) is 0 Å². The Morgan fingerprint density at radius 1 is 1.37 bits per heavy atom. The summed E-state index contributed by atoms with van der Waals surface area (Å²) in [5, 5.41) is 10.5. The van der Waals surface area contributed by atoms with Gasteiger partial charge in [-0.25, -0.2) is 8.42 Å². The van der Waals surface area contributed by atoms with Crippen LogP contribution in [0.3, 0.4) is 0 Å². The number of sulfonamides is 1. The van der Waals surface area contributed by atoms with Crippen molar-refractivity contribution in [3.63, 3.8) is 0 Å². The van der Waals surface area contributed by atoms with Crippen molar-refractivity contribution in [2.45, 2.75) is 17.9 Å². The predicted molar refractivity (Wildman–Crippen MR) is 67.3 cm³/mol. The first-order chi connectivity index (χ1) is 8.91. The predicted octanol–water partition coefficient (Wildman–Crippen LogP) is 1.00. The van der Waals surface area contributed by atoms with E-state index >= 15 is 0 Å². The molecule has 1 saturated heterocycles. The van der Waals surface area contributed by atoms with Gasteiger partial charge >= 0.3 is 0 Å². The summed E-state index contributed by atoms with van der Waals surface area (Å²) in [5.41, 5.74) is -0.130. The average molecular weight is 286 g/mol. The van der Waals surface area contributed by atoms with Crippen molar-refractivity contribution in [3.8, 4) is 0 Å². The molecule has 0 bridgehead atoms. The van der Waals surface area contributed by atoms with Gasteiger partial charge in [0.25, 0.3) is 5.69 Å². The molecule has 0 unspecified atom stereocenters. The van der Waals surface area contributed by atoms with Gasteiger partial charge in [0.2, 0.25) is 10.0 Å². The van der Waals surface area contributed by atoms with Gasteiger partial charge in [-0.05, 0) is 19.1 Å². The number of nitro groups is 1. The Kier molecular flexibility index (Phi) is 3.83. The lowest BCUT2D eigenvalue weighted by Gasteiger charge is -2.30. The van der Waals surface area contributed by atoms with Crippen LogP contribution in [0.1, 0.15) is 6.92 Å². The Bertz CT molecular complexity index is 569. The van der Waals surface area contributed by atoms with Crippen molar-refractivity contribution in [1.82, 2.24) is 4.31 Å². The summed E-state index contributed by atoms with van der Waals surface area (Å²) in [6.07, 6.45) is -0.151. The van der Waals surface area contributed by atoms with E-state index in [1.807, 2.05) is 0 Å². The summed E-state index contributed by atoms with van der Waals surface area (Å²) in [5.74, 6) is 0. The van der Waals surface area contributed by atoms with Crippen molar-refractivity contribution >= 4 is 15.7 Å². The number of nitro benzene ring substituents is 1. The third-order valence-corrected chi connectivity index (χ3v) is 4.77. The fourth-order valence-corrected chi connectivity index (χ4v) is 3.39. The highest BCUT2D eigenvalue weighted by Crippen LogP contribution is 2.21. The SMILES string of the molecule is C[C@H]1CN(S(=O)(=O)c2ccc([N+](=O)[O-])cc2)CCO1. The van der Waals surface area contributed by atoms with Crippen molar-refractivity contribution in [1.29, 1.82) is 0 Å². The van der Waals surface area contributed by atoms with Crippen LogP contribution in [-0.4, -0.2) is 43.4 Å². The van der Waals surface area contributed by atoms with Crippen LogP contribution in [0.2, 0.25) is 0 Å². The van der Waals surface area contributed by atoms with Crippen molar-refractivity contribution < 1.29 is 18.1 Å². The highest BCUT2D eigenvalue weighted by atomic mass is 32.2. The van der Waals surface area contributed by atoms with E-state index in [9.17, 15) is 18.5 Å². The Balaban J connectivity index is 2.26. The maximum absolute atomic E-state index is 12.3. The minimum atomic E-state index is -3.61. The molecule has 8 heteroatoms. The van der Waals surface area contributed by atoms with Gasteiger partial charge in [0.15, 0.2) is 0 Å². The fraction of sp³-hybridized carbons (Fsp3) is 0.455. The van der Waals surface area contributed by atoms with E-state index in [0.29, 0.717) is 19.7 Å². The fourth-order valence-electron chi connectivity index (χ4n) is 1.89. The van der Waals surface area contributed by atoms with Crippen molar-refractivity contribution in [2.75, 3.05) is 19.7 Å². The first-order valence-corrected chi connectivity index (χ1v) is 7.21. The van der Waals surface area contributed by atoms with Gasteiger partial charge in [-0.1, -0.05) is 0 Å². The molecule has 1 aliphatic heterocycles. The average Bonchev–Trinajstić information content (AvgIpc) is 2.39. The minimum Gasteiger partial charge on any atom is -0.376 e. The molecule has 1 aromatic carbocycles. The molecule has 1 atom stereocenters. The summed E-state index contributed by atoms with van der Waals surface area (Å²) in [6, 6.07) is 4.90. The third-order valence-electron chi connectivity index (χ3n) is 2.89. The molecule has 0 aromatic heterocycles. The maximum Gasteiger partial charge on any atom is 0.269 e. The highest BCUT2D eigenvalue weighted by Gasteiger charge is 2.29. The number of hydrogen-bond donors (Lipinski definition) is 0. The van der Waals surface area contributed by atoms with Gasteiger partial charge in [0.1, 0.15) is 0 Å². The van der Waals surface area contributed by atoms with Gasteiger partial charge in [-0.15, -0.1) is 0 Å². The normalized spacial score (nSPS) is 21.2. The Hall–Kier alpha value is -1.51. The first kappa shape index (κ1) is 13.9. The van der Waals surface area contributed by atoms with Gasteiger partial charge in [0.05, 0.1) is 22.5 Å². The summed E-state index contributed by atoms with van der Waals surface area (Å²) >= 11 is 0. The number of morpholine rings is 1. The van der Waals surface area contributed by atoms with E-state index in [4.69, 9.17) is 4.74 Å². The zero-order valence-corrected chi connectivity index (χ0v) is 11.2.